The molecule has 0 bridgehead atoms. The Morgan fingerprint density at radius 2 is 2.04 bits per heavy atom. The summed E-state index contributed by atoms with van der Waals surface area (Å²) in [5.74, 6) is -2.93. The highest BCUT2D eigenvalue weighted by Crippen LogP contribution is 2.30. The largest absolute Gasteiger partial charge is 0.492 e. The number of amides is 1. The van der Waals surface area contributed by atoms with Gasteiger partial charge < -0.3 is 14.8 Å². The molecule has 1 amide bonds. The summed E-state index contributed by atoms with van der Waals surface area (Å²) in [5.41, 5.74) is 0.584. The Bertz CT molecular complexity index is 859. The fourth-order valence-corrected chi connectivity index (χ4v) is 2.74. The fraction of sp³-hybridized carbons (Fsp3) is 0.222. The maximum absolute atomic E-state index is 13.5. The van der Waals surface area contributed by atoms with E-state index in [2.05, 4.69) is 5.32 Å². The summed E-state index contributed by atoms with van der Waals surface area (Å²) in [6.07, 6.45) is 0.378. The minimum absolute atomic E-state index is 0.127. The van der Waals surface area contributed by atoms with Crippen molar-refractivity contribution in [3.63, 3.8) is 0 Å². The minimum atomic E-state index is -0.918. The second-order valence-corrected chi connectivity index (χ2v) is 6.18. The van der Waals surface area contributed by atoms with E-state index in [-0.39, 0.29) is 12.3 Å². The molecule has 1 aliphatic heterocycles. The van der Waals surface area contributed by atoms with Gasteiger partial charge in [-0.25, -0.2) is 8.78 Å². The Balaban J connectivity index is 1.53. The second kappa shape index (κ2) is 7.70. The Morgan fingerprint density at radius 3 is 2.81 bits per heavy atom. The summed E-state index contributed by atoms with van der Waals surface area (Å²) < 4.78 is 36.8. The lowest BCUT2D eigenvalue weighted by atomic mass is 9.97. The number of hydrogen-bond donors (Lipinski definition) is 1. The van der Waals surface area contributed by atoms with Crippen molar-refractivity contribution < 1.29 is 27.8 Å². The summed E-state index contributed by atoms with van der Waals surface area (Å²) >= 11 is 5.93. The van der Waals surface area contributed by atoms with Crippen molar-refractivity contribution in [2.75, 3.05) is 18.5 Å². The number of rotatable bonds is 4. The number of anilines is 1. The van der Waals surface area contributed by atoms with Crippen molar-refractivity contribution in [3.05, 3.63) is 58.6 Å². The van der Waals surface area contributed by atoms with Crippen molar-refractivity contribution in [1.29, 1.82) is 0 Å². The molecule has 1 aliphatic rings. The summed E-state index contributed by atoms with van der Waals surface area (Å²) in [5, 5.41) is 2.74. The molecule has 0 saturated carbocycles. The second-order valence-electron chi connectivity index (χ2n) is 5.74. The molecule has 0 aromatic heterocycles. The summed E-state index contributed by atoms with van der Waals surface area (Å²) in [4.78, 5) is 23.9. The minimum Gasteiger partial charge on any atom is -0.492 e. The molecule has 0 saturated heterocycles. The maximum atomic E-state index is 13.5. The van der Waals surface area contributed by atoms with E-state index in [9.17, 15) is 18.4 Å². The summed E-state index contributed by atoms with van der Waals surface area (Å²) in [7, 11) is 0. The molecule has 0 unspecified atom stereocenters. The van der Waals surface area contributed by atoms with E-state index in [4.69, 9.17) is 21.1 Å². The molecule has 8 heteroatoms. The van der Waals surface area contributed by atoms with Crippen molar-refractivity contribution >= 4 is 29.2 Å². The Labute approximate surface area is 152 Å². The lowest BCUT2D eigenvalue weighted by Gasteiger charge is -2.24. The van der Waals surface area contributed by atoms with Gasteiger partial charge in [-0.3, -0.25) is 9.59 Å². The monoisotopic (exact) mass is 381 g/mol. The third-order valence-electron chi connectivity index (χ3n) is 3.81. The molecule has 26 heavy (non-hydrogen) atoms. The maximum Gasteiger partial charge on any atom is 0.313 e. The Kier molecular flexibility index (Phi) is 5.37. The van der Waals surface area contributed by atoms with Crippen LogP contribution in [-0.2, 0) is 20.7 Å². The lowest BCUT2D eigenvalue weighted by molar-refractivity contribution is -0.152. The van der Waals surface area contributed by atoms with Gasteiger partial charge in [0.05, 0.1) is 11.6 Å². The van der Waals surface area contributed by atoms with E-state index in [1.165, 1.54) is 0 Å². The van der Waals surface area contributed by atoms with Gasteiger partial charge in [-0.05, 0) is 42.3 Å². The first-order valence-electron chi connectivity index (χ1n) is 7.75. The molecule has 3 rings (SSSR count). The van der Waals surface area contributed by atoms with Crippen molar-refractivity contribution in [2.45, 2.75) is 6.42 Å². The number of halogens is 3. The van der Waals surface area contributed by atoms with Crippen LogP contribution >= 0.6 is 11.6 Å². The number of nitrogens with one attached hydrogen (secondary N) is 1. The average molecular weight is 382 g/mol. The molecule has 5 nitrogen and oxygen atoms in total. The van der Waals surface area contributed by atoms with E-state index in [1.807, 2.05) is 0 Å². The van der Waals surface area contributed by atoms with Gasteiger partial charge >= 0.3 is 5.97 Å². The lowest BCUT2D eigenvalue weighted by Crippen LogP contribution is -2.32. The quantitative estimate of drug-likeness (QED) is 0.825. The highest BCUT2D eigenvalue weighted by Gasteiger charge is 2.28. The normalized spacial score (nSPS) is 15.6. The number of esters is 1. The first-order valence-corrected chi connectivity index (χ1v) is 8.13. The van der Waals surface area contributed by atoms with E-state index >= 15 is 0 Å². The molecule has 0 radical (unpaired) electrons. The Morgan fingerprint density at radius 1 is 1.23 bits per heavy atom. The highest BCUT2D eigenvalue weighted by atomic mass is 35.5. The van der Waals surface area contributed by atoms with Gasteiger partial charge in [0.2, 0.25) is 0 Å². The molecule has 1 atom stereocenters. The predicted molar refractivity (Wildman–Crippen MR) is 90.1 cm³/mol. The van der Waals surface area contributed by atoms with Gasteiger partial charge in [0.15, 0.2) is 6.61 Å². The fourth-order valence-electron chi connectivity index (χ4n) is 2.55. The van der Waals surface area contributed by atoms with E-state index in [1.54, 1.807) is 18.2 Å². The zero-order chi connectivity index (χ0) is 18.7. The molecule has 2 aromatic rings. The molecule has 1 N–H and O–H groups in total. The molecule has 2 aromatic carbocycles. The first kappa shape index (κ1) is 18.1. The van der Waals surface area contributed by atoms with Gasteiger partial charge in [-0.1, -0.05) is 11.6 Å². The molecular weight excluding hydrogens is 368 g/mol. The number of carbonyl (C=O) groups is 2. The topological polar surface area (TPSA) is 64.6 Å². The van der Waals surface area contributed by atoms with Crippen LogP contribution in [0.5, 0.6) is 5.75 Å². The number of carbonyl (C=O) groups excluding carboxylic acids is 2. The first-order chi connectivity index (χ1) is 12.4. The SMILES string of the molecule is O=C(COC(=O)[C@@H]1COc2ccc(Cl)cc2C1)Nc1ccc(F)cc1F. The van der Waals surface area contributed by atoms with Gasteiger partial charge in [0, 0.05) is 11.1 Å². The Hall–Kier alpha value is -2.67. The van der Waals surface area contributed by atoms with Crippen LogP contribution in [0.15, 0.2) is 36.4 Å². The van der Waals surface area contributed by atoms with Gasteiger partial charge in [0.1, 0.15) is 24.0 Å². The number of fused-ring (bicyclic) bond motifs is 1. The summed E-state index contributed by atoms with van der Waals surface area (Å²) in [6.45, 7) is -0.462. The average Bonchev–Trinajstić information content (AvgIpc) is 2.61. The highest BCUT2D eigenvalue weighted by molar-refractivity contribution is 6.30. The number of ether oxygens (including phenoxy) is 2. The molecular formula is C18H14ClF2NO4. The van der Waals surface area contributed by atoms with Crippen LogP contribution in [0.3, 0.4) is 0 Å². The van der Waals surface area contributed by atoms with Crippen LogP contribution in [0.1, 0.15) is 5.56 Å². The van der Waals surface area contributed by atoms with E-state index < -0.39 is 36.0 Å². The van der Waals surface area contributed by atoms with Gasteiger partial charge in [-0.15, -0.1) is 0 Å². The van der Waals surface area contributed by atoms with Crippen molar-refractivity contribution in [1.82, 2.24) is 0 Å². The standard InChI is InChI=1S/C18H14ClF2NO4/c19-12-1-4-16-10(6-12)5-11(8-25-16)18(24)26-9-17(23)22-15-3-2-13(20)7-14(15)21/h1-4,6-7,11H,5,8-9H2,(H,22,23)/t11-/m0/s1. The number of benzene rings is 2. The molecule has 0 fully saturated rings. The predicted octanol–water partition coefficient (Wildman–Crippen LogP) is 3.35. The van der Waals surface area contributed by atoms with Crippen molar-refractivity contribution in [3.8, 4) is 5.75 Å². The molecule has 0 aliphatic carbocycles. The molecule has 0 spiro atoms. The van der Waals surface area contributed by atoms with Gasteiger partial charge in [0.25, 0.3) is 5.91 Å². The van der Waals surface area contributed by atoms with Crippen LogP contribution in [0.4, 0.5) is 14.5 Å². The van der Waals surface area contributed by atoms with Crippen LogP contribution in [0.2, 0.25) is 5.02 Å². The van der Waals surface area contributed by atoms with Gasteiger partial charge in [-0.2, -0.15) is 0 Å². The third kappa shape index (κ3) is 4.29. The van der Waals surface area contributed by atoms with Crippen LogP contribution in [-0.4, -0.2) is 25.1 Å². The van der Waals surface area contributed by atoms with Crippen LogP contribution < -0.4 is 10.1 Å². The summed E-state index contributed by atoms with van der Waals surface area (Å²) in [6, 6.07) is 7.86. The smallest absolute Gasteiger partial charge is 0.313 e. The van der Waals surface area contributed by atoms with E-state index in [0.717, 1.165) is 17.7 Å². The van der Waals surface area contributed by atoms with E-state index in [0.29, 0.717) is 23.3 Å². The zero-order valence-corrected chi connectivity index (χ0v) is 14.2. The molecule has 1 heterocycles. The van der Waals surface area contributed by atoms with Crippen LogP contribution in [0.25, 0.3) is 0 Å². The van der Waals surface area contributed by atoms with Crippen molar-refractivity contribution in [2.24, 2.45) is 5.92 Å². The van der Waals surface area contributed by atoms with Crippen LogP contribution in [0, 0.1) is 17.6 Å². The number of hydrogen-bond acceptors (Lipinski definition) is 4. The third-order valence-corrected chi connectivity index (χ3v) is 4.05. The molecule has 136 valence electrons. The zero-order valence-electron chi connectivity index (χ0n) is 13.4.